The summed E-state index contributed by atoms with van der Waals surface area (Å²) in [5, 5.41) is 0. The van der Waals surface area contributed by atoms with Crippen LogP contribution in [0.5, 0.6) is 0 Å². The summed E-state index contributed by atoms with van der Waals surface area (Å²) in [5.41, 5.74) is 9.52. The van der Waals surface area contributed by atoms with Gasteiger partial charge in [-0.1, -0.05) is 24.3 Å². The van der Waals surface area contributed by atoms with Crippen molar-refractivity contribution < 1.29 is 4.79 Å². The summed E-state index contributed by atoms with van der Waals surface area (Å²) in [7, 11) is 0. The van der Waals surface area contributed by atoms with Gasteiger partial charge in [-0.25, -0.2) is 0 Å². The van der Waals surface area contributed by atoms with Crippen molar-refractivity contribution in [2.45, 2.75) is 12.8 Å². The van der Waals surface area contributed by atoms with Gasteiger partial charge >= 0.3 is 0 Å². The molecular formula is C15H17N3O. The van der Waals surface area contributed by atoms with E-state index in [4.69, 9.17) is 5.73 Å². The monoisotopic (exact) mass is 255 g/mol. The molecule has 2 heterocycles. The number of aromatic nitrogens is 1. The van der Waals surface area contributed by atoms with E-state index in [9.17, 15) is 4.79 Å². The van der Waals surface area contributed by atoms with Crippen molar-refractivity contribution in [3.63, 3.8) is 0 Å². The molecule has 0 unspecified atom stereocenters. The lowest BCUT2D eigenvalue weighted by Crippen LogP contribution is -2.33. The van der Waals surface area contributed by atoms with Crippen LogP contribution in [0.1, 0.15) is 21.6 Å². The van der Waals surface area contributed by atoms with Crippen LogP contribution < -0.4 is 5.73 Å². The second kappa shape index (κ2) is 4.80. The molecule has 3 rings (SSSR count). The summed E-state index contributed by atoms with van der Waals surface area (Å²) in [6.07, 6.45) is 3.48. The van der Waals surface area contributed by atoms with Gasteiger partial charge in [0.1, 0.15) is 5.69 Å². The maximum Gasteiger partial charge on any atom is 0.270 e. The lowest BCUT2D eigenvalue weighted by molar-refractivity contribution is 0.0758. The molecule has 2 aromatic rings. The third kappa shape index (κ3) is 2.34. The highest BCUT2D eigenvalue weighted by Crippen LogP contribution is 2.17. The molecule has 0 saturated heterocycles. The SMILES string of the molecule is Nc1c[nH]c(C(=O)N2CCc3ccccc3CC2)c1. The first kappa shape index (κ1) is 11.8. The molecule has 0 aliphatic carbocycles. The number of anilines is 1. The number of carbonyl (C=O) groups excluding carboxylic acids is 1. The molecule has 0 spiro atoms. The van der Waals surface area contributed by atoms with Crippen molar-refractivity contribution in [1.82, 2.24) is 9.88 Å². The Morgan fingerprint density at radius 2 is 1.79 bits per heavy atom. The number of H-pyrrole nitrogens is 1. The van der Waals surface area contributed by atoms with Crippen molar-refractivity contribution in [2.75, 3.05) is 18.8 Å². The number of fused-ring (bicyclic) bond motifs is 1. The standard InChI is InChI=1S/C15H17N3O/c16-13-9-14(17-10-13)15(19)18-7-5-11-3-1-2-4-12(11)6-8-18/h1-4,9-10,17H,5-8,16H2. The number of nitrogen functional groups attached to an aromatic ring is 1. The molecule has 0 bridgehead atoms. The number of benzene rings is 1. The van der Waals surface area contributed by atoms with E-state index in [1.54, 1.807) is 12.3 Å². The molecular weight excluding hydrogens is 238 g/mol. The van der Waals surface area contributed by atoms with Gasteiger partial charge in [-0.15, -0.1) is 0 Å². The van der Waals surface area contributed by atoms with E-state index >= 15 is 0 Å². The molecule has 19 heavy (non-hydrogen) atoms. The van der Waals surface area contributed by atoms with Crippen LogP contribution in [0.15, 0.2) is 36.5 Å². The van der Waals surface area contributed by atoms with Gasteiger partial charge < -0.3 is 15.6 Å². The fourth-order valence-electron chi connectivity index (χ4n) is 2.58. The molecule has 1 amide bonds. The second-order valence-electron chi connectivity index (χ2n) is 4.91. The largest absolute Gasteiger partial charge is 0.397 e. The maximum atomic E-state index is 12.4. The molecule has 0 fully saturated rings. The van der Waals surface area contributed by atoms with Crippen molar-refractivity contribution >= 4 is 11.6 Å². The number of nitrogens with two attached hydrogens (primary N) is 1. The van der Waals surface area contributed by atoms with Gasteiger partial charge in [0.15, 0.2) is 0 Å². The predicted octanol–water partition coefficient (Wildman–Crippen LogP) is 1.84. The van der Waals surface area contributed by atoms with Gasteiger partial charge in [-0.05, 0) is 30.0 Å². The van der Waals surface area contributed by atoms with Crippen LogP contribution in [-0.4, -0.2) is 28.9 Å². The molecule has 0 saturated carbocycles. The van der Waals surface area contributed by atoms with Gasteiger partial charge in [0.05, 0.1) is 0 Å². The van der Waals surface area contributed by atoms with Gasteiger partial charge in [0, 0.05) is 25.0 Å². The van der Waals surface area contributed by atoms with E-state index in [1.165, 1.54) is 11.1 Å². The van der Waals surface area contributed by atoms with Crippen molar-refractivity contribution in [1.29, 1.82) is 0 Å². The molecule has 4 nitrogen and oxygen atoms in total. The Morgan fingerprint density at radius 3 is 2.32 bits per heavy atom. The minimum absolute atomic E-state index is 0.0320. The Kier molecular flexibility index (Phi) is 2.99. The average molecular weight is 255 g/mol. The normalized spacial score (nSPS) is 14.8. The van der Waals surface area contributed by atoms with Crippen LogP contribution in [0.4, 0.5) is 5.69 Å². The highest BCUT2D eigenvalue weighted by atomic mass is 16.2. The number of carbonyl (C=O) groups is 1. The van der Waals surface area contributed by atoms with E-state index < -0.39 is 0 Å². The Bertz CT molecular complexity index is 576. The number of rotatable bonds is 1. The van der Waals surface area contributed by atoms with Crippen LogP contribution in [-0.2, 0) is 12.8 Å². The predicted molar refractivity (Wildman–Crippen MR) is 75.0 cm³/mol. The molecule has 98 valence electrons. The zero-order chi connectivity index (χ0) is 13.2. The van der Waals surface area contributed by atoms with Crippen LogP contribution >= 0.6 is 0 Å². The zero-order valence-corrected chi connectivity index (χ0v) is 10.7. The minimum atomic E-state index is 0.0320. The first-order chi connectivity index (χ1) is 9.24. The zero-order valence-electron chi connectivity index (χ0n) is 10.7. The van der Waals surface area contributed by atoms with E-state index in [1.807, 2.05) is 4.90 Å². The summed E-state index contributed by atoms with van der Waals surface area (Å²) in [4.78, 5) is 17.2. The van der Waals surface area contributed by atoms with Crippen LogP contribution in [0.2, 0.25) is 0 Å². The summed E-state index contributed by atoms with van der Waals surface area (Å²) in [6, 6.07) is 10.1. The number of nitrogens with zero attached hydrogens (tertiary/aromatic N) is 1. The van der Waals surface area contributed by atoms with Crippen LogP contribution in [0, 0.1) is 0 Å². The molecule has 1 aromatic carbocycles. The summed E-state index contributed by atoms with van der Waals surface area (Å²) >= 11 is 0. The molecule has 3 N–H and O–H groups in total. The van der Waals surface area contributed by atoms with Crippen molar-refractivity contribution in [2.24, 2.45) is 0 Å². The number of aromatic amines is 1. The Balaban J connectivity index is 1.77. The van der Waals surface area contributed by atoms with Crippen molar-refractivity contribution in [3.8, 4) is 0 Å². The third-order valence-electron chi connectivity index (χ3n) is 3.64. The smallest absolute Gasteiger partial charge is 0.270 e. The van der Waals surface area contributed by atoms with Crippen LogP contribution in [0.25, 0.3) is 0 Å². The number of amides is 1. The van der Waals surface area contributed by atoms with Gasteiger partial charge in [0.25, 0.3) is 5.91 Å². The molecule has 0 atom stereocenters. The average Bonchev–Trinajstić information content (AvgIpc) is 2.74. The first-order valence-electron chi connectivity index (χ1n) is 6.54. The number of hydrogen-bond donors (Lipinski definition) is 2. The van der Waals surface area contributed by atoms with E-state index in [0.29, 0.717) is 11.4 Å². The Labute approximate surface area is 112 Å². The minimum Gasteiger partial charge on any atom is -0.397 e. The first-order valence-corrected chi connectivity index (χ1v) is 6.54. The molecule has 0 radical (unpaired) electrons. The number of hydrogen-bond acceptors (Lipinski definition) is 2. The van der Waals surface area contributed by atoms with E-state index in [-0.39, 0.29) is 5.91 Å². The van der Waals surface area contributed by atoms with Crippen molar-refractivity contribution in [3.05, 3.63) is 53.3 Å². The van der Waals surface area contributed by atoms with E-state index in [2.05, 4.69) is 29.2 Å². The highest BCUT2D eigenvalue weighted by Gasteiger charge is 2.20. The summed E-state index contributed by atoms with van der Waals surface area (Å²) < 4.78 is 0. The topological polar surface area (TPSA) is 62.1 Å². The number of nitrogens with one attached hydrogen (secondary N) is 1. The molecule has 1 aromatic heterocycles. The second-order valence-corrected chi connectivity index (χ2v) is 4.91. The summed E-state index contributed by atoms with van der Waals surface area (Å²) in [6.45, 7) is 1.52. The van der Waals surface area contributed by atoms with Gasteiger partial charge in [0.2, 0.25) is 0 Å². The Hall–Kier alpha value is -2.23. The van der Waals surface area contributed by atoms with Gasteiger partial charge in [-0.2, -0.15) is 0 Å². The lowest BCUT2D eigenvalue weighted by Gasteiger charge is -2.19. The maximum absolute atomic E-state index is 12.4. The summed E-state index contributed by atoms with van der Waals surface area (Å²) in [5.74, 6) is 0.0320. The third-order valence-corrected chi connectivity index (χ3v) is 3.64. The highest BCUT2D eigenvalue weighted by molar-refractivity contribution is 5.93. The fraction of sp³-hybridized carbons (Fsp3) is 0.267. The quantitative estimate of drug-likeness (QED) is 0.816. The van der Waals surface area contributed by atoms with Gasteiger partial charge in [-0.3, -0.25) is 4.79 Å². The molecule has 1 aliphatic rings. The fourth-order valence-corrected chi connectivity index (χ4v) is 2.58. The lowest BCUT2D eigenvalue weighted by atomic mass is 10.0. The van der Waals surface area contributed by atoms with E-state index in [0.717, 1.165) is 25.9 Å². The Morgan fingerprint density at radius 1 is 1.16 bits per heavy atom. The molecule has 1 aliphatic heterocycles. The molecule has 4 heteroatoms. The van der Waals surface area contributed by atoms with Crippen LogP contribution in [0.3, 0.4) is 0 Å².